The smallest absolute Gasteiger partial charge is 0.262 e. The number of rotatable bonds is 1. The number of nitrogens with zero attached hydrogens (tertiary/aromatic N) is 1. The van der Waals surface area contributed by atoms with Crippen LogP contribution < -0.4 is 9.88 Å². The molecule has 1 aliphatic heterocycles. The van der Waals surface area contributed by atoms with Crippen molar-refractivity contribution < 1.29 is 4.98 Å². The summed E-state index contributed by atoms with van der Waals surface area (Å²) in [6.45, 7) is 4.52. The van der Waals surface area contributed by atoms with Gasteiger partial charge in [0.15, 0.2) is 0 Å². The van der Waals surface area contributed by atoms with Gasteiger partial charge in [-0.2, -0.15) is 0 Å². The molecule has 1 aliphatic rings. The van der Waals surface area contributed by atoms with E-state index in [1.807, 2.05) is 0 Å². The molecule has 2 heterocycles. The summed E-state index contributed by atoms with van der Waals surface area (Å²) in [6.07, 6.45) is 4.06. The van der Waals surface area contributed by atoms with E-state index in [9.17, 15) is 0 Å². The summed E-state index contributed by atoms with van der Waals surface area (Å²) in [4.78, 5) is 5.84. The number of nitrogens with one attached hydrogen (secondary N) is 1. The van der Waals surface area contributed by atoms with E-state index >= 15 is 0 Å². The number of aryl methyl sites for hydroxylation is 1. The maximum Gasteiger partial charge on any atom is 0.274 e. The zero-order chi connectivity index (χ0) is 9.10. The van der Waals surface area contributed by atoms with Crippen LogP contribution in [0.1, 0.15) is 25.0 Å². The standard InChI is InChI=1S/C11H16N2/c1-10-6-5-7-11(12-10)13-8-3-2-4-9-13/h5-7H,2-4,8-9H2,1H3/p+1. The van der Waals surface area contributed by atoms with Gasteiger partial charge < -0.3 is 0 Å². The van der Waals surface area contributed by atoms with Crippen LogP contribution in [-0.2, 0) is 0 Å². The lowest BCUT2D eigenvalue weighted by atomic mass is 10.1. The van der Waals surface area contributed by atoms with Crippen molar-refractivity contribution in [3.8, 4) is 0 Å². The Hall–Kier alpha value is -1.05. The number of aromatic amines is 1. The highest BCUT2D eigenvalue weighted by molar-refractivity contribution is 5.32. The minimum atomic E-state index is 1.21. The fraction of sp³-hybridized carbons (Fsp3) is 0.545. The quantitative estimate of drug-likeness (QED) is 0.639. The molecule has 0 unspecified atom stereocenters. The van der Waals surface area contributed by atoms with Crippen molar-refractivity contribution in [1.29, 1.82) is 0 Å². The average Bonchev–Trinajstić information content (AvgIpc) is 2.19. The van der Waals surface area contributed by atoms with Crippen LogP contribution in [0.2, 0.25) is 0 Å². The van der Waals surface area contributed by atoms with E-state index in [2.05, 4.69) is 35.0 Å². The molecule has 1 aromatic heterocycles. The van der Waals surface area contributed by atoms with E-state index in [1.165, 1.54) is 43.9 Å². The van der Waals surface area contributed by atoms with E-state index < -0.39 is 0 Å². The third-order valence-corrected chi connectivity index (χ3v) is 2.62. The van der Waals surface area contributed by atoms with Gasteiger partial charge in [0.2, 0.25) is 0 Å². The first-order chi connectivity index (χ1) is 6.36. The van der Waals surface area contributed by atoms with E-state index in [0.717, 1.165) is 0 Å². The molecule has 2 nitrogen and oxygen atoms in total. The SMILES string of the molecule is Cc1cccc(N2CCCCC2)[nH+]1. The first-order valence-electron chi connectivity index (χ1n) is 5.10. The summed E-state index contributed by atoms with van der Waals surface area (Å²) >= 11 is 0. The monoisotopic (exact) mass is 177 g/mol. The number of piperidine rings is 1. The molecule has 0 spiro atoms. The Kier molecular flexibility index (Phi) is 2.48. The van der Waals surface area contributed by atoms with Crippen LogP contribution in [0.4, 0.5) is 5.82 Å². The normalized spacial score (nSPS) is 17.5. The van der Waals surface area contributed by atoms with Gasteiger partial charge in [-0.1, -0.05) is 6.07 Å². The number of H-pyrrole nitrogens is 1. The zero-order valence-electron chi connectivity index (χ0n) is 8.21. The molecule has 1 N–H and O–H groups in total. The van der Waals surface area contributed by atoms with Gasteiger partial charge in [-0.3, -0.25) is 4.90 Å². The second-order valence-electron chi connectivity index (χ2n) is 3.77. The summed E-state index contributed by atoms with van der Waals surface area (Å²) < 4.78 is 0. The van der Waals surface area contributed by atoms with Gasteiger partial charge >= 0.3 is 0 Å². The maximum absolute atomic E-state index is 3.40. The second-order valence-corrected chi connectivity index (χ2v) is 3.77. The predicted molar refractivity (Wildman–Crippen MR) is 53.8 cm³/mol. The van der Waals surface area contributed by atoms with Gasteiger partial charge in [-0.05, 0) is 32.3 Å². The van der Waals surface area contributed by atoms with Crippen molar-refractivity contribution in [3.63, 3.8) is 0 Å². The topological polar surface area (TPSA) is 17.4 Å². The molecule has 0 aromatic carbocycles. The van der Waals surface area contributed by atoms with Crippen molar-refractivity contribution >= 4 is 5.82 Å². The minimum absolute atomic E-state index is 1.21. The predicted octanol–water partition coefficient (Wildman–Crippen LogP) is 1.80. The summed E-state index contributed by atoms with van der Waals surface area (Å²) in [5.41, 5.74) is 1.24. The lowest BCUT2D eigenvalue weighted by molar-refractivity contribution is -0.373. The van der Waals surface area contributed by atoms with E-state index in [1.54, 1.807) is 0 Å². The fourth-order valence-electron chi connectivity index (χ4n) is 1.89. The van der Waals surface area contributed by atoms with E-state index in [-0.39, 0.29) is 0 Å². The Morgan fingerprint density at radius 2 is 1.92 bits per heavy atom. The second kappa shape index (κ2) is 3.77. The van der Waals surface area contributed by atoms with Crippen LogP contribution >= 0.6 is 0 Å². The Morgan fingerprint density at radius 1 is 1.15 bits per heavy atom. The lowest BCUT2D eigenvalue weighted by Gasteiger charge is -2.20. The summed E-state index contributed by atoms with van der Waals surface area (Å²) in [6, 6.07) is 6.39. The molecule has 1 aromatic rings. The molecule has 0 amide bonds. The Balaban J connectivity index is 2.14. The van der Waals surface area contributed by atoms with Crippen molar-refractivity contribution in [3.05, 3.63) is 23.9 Å². The van der Waals surface area contributed by atoms with Crippen molar-refractivity contribution in [2.75, 3.05) is 18.0 Å². The number of hydrogen-bond donors (Lipinski definition) is 0. The largest absolute Gasteiger partial charge is 0.274 e. The zero-order valence-corrected chi connectivity index (χ0v) is 8.21. The van der Waals surface area contributed by atoms with Gasteiger partial charge in [0.05, 0.1) is 18.8 Å². The highest BCUT2D eigenvalue weighted by Gasteiger charge is 2.17. The van der Waals surface area contributed by atoms with Gasteiger partial charge in [-0.25, -0.2) is 4.98 Å². The number of pyridine rings is 1. The van der Waals surface area contributed by atoms with Crippen LogP contribution in [-0.4, -0.2) is 13.1 Å². The van der Waals surface area contributed by atoms with Crippen molar-refractivity contribution in [2.45, 2.75) is 26.2 Å². The molecule has 70 valence electrons. The van der Waals surface area contributed by atoms with Gasteiger partial charge in [0.25, 0.3) is 5.82 Å². The molecular formula is C11H17N2+. The Morgan fingerprint density at radius 3 is 2.62 bits per heavy atom. The molecule has 1 saturated heterocycles. The lowest BCUT2D eigenvalue weighted by Crippen LogP contribution is -2.34. The highest BCUT2D eigenvalue weighted by Crippen LogP contribution is 2.14. The van der Waals surface area contributed by atoms with E-state index in [4.69, 9.17) is 0 Å². The van der Waals surface area contributed by atoms with Crippen LogP contribution in [0.25, 0.3) is 0 Å². The molecule has 1 fully saturated rings. The molecule has 0 atom stereocenters. The van der Waals surface area contributed by atoms with Crippen molar-refractivity contribution in [2.24, 2.45) is 0 Å². The van der Waals surface area contributed by atoms with Gasteiger partial charge in [-0.15, -0.1) is 0 Å². The third-order valence-electron chi connectivity index (χ3n) is 2.62. The van der Waals surface area contributed by atoms with Crippen molar-refractivity contribution in [1.82, 2.24) is 0 Å². The van der Waals surface area contributed by atoms with Crippen LogP contribution in [0.15, 0.2) is 18.2 Å². The Labute approximate surface area is 79.6 Å². The van der Waals surface area contributed by atoms with Gasteiger partial charge in [0, 0.05) is 6.07 Å². The molecule has 2 heteroatoms. The van der Waals surface area contributed by atoms with Crippen LogP contribution in [0.5, 0.6) is 0 Å². The maximum atomic E-state index is 3.40. The first-order valence-corrected chi connectivity index (χ1v) is 5.10. The summed E-state index contributed by atoms with van der Waals surface area (Å²) in [5, 5.41) is 0. The molecule has 0 aliphatic carbocycles. The third kappa shape index (κ3) is 2.00. The molecular weight excluding hydrogens is 160 g/mol. The van der Waals surface area contributed by atoms with Crippen LogP contribution in [0, 0.1) is 6.92 Å². The summed E-state index contributed by atoms with van der Waals surface area (Å²) in [5.74, 6) is 1.28. The fourth-order valence-corrected chi connectivity index (χ4v) is 1.89. The molecule has 13 heavy (non-hydrogen) atoms. The van der Waals surface area contributed by atoms with Gasteiger partial charge in [0.1, 0.15) is 0 Å². The molecule has 0 saturated carbocycles. The molecule has 0 radical (unpaired) electrons. The first kappa shape index (κ1) is 8.54. The van der Waals surface area contributed by atoms with Crippen LogP contribution in [0.3, 0.4) is 0 Å². The number of anilines is 1. The molecule has 2 rings (SSSR count). The average molecular weight is 177 g/mol. The minimum Gasteiger partial charge on any atom is -0.262 e. The summed E-state index contributed by atoms with van der Waals surface area (Å²) in [7, 11) is 0. The van der Waals surface area contributed by atoms with E-state index in [0.29, 0.717) is 0 Å². The highest BCUT2D eigenvalue weighted by atomic mass is 15.2. The number of hydrogen-bond acceptors (Lipinski definition) is 1. The Bertz CT molecular complexity index is 277. The number of aromatic nitrogens is 1. The molecule has 0 bridgehead atoms.